The van der Waals surface area contributed by atoms with E-state index >= 15 is 0 Å². The van der Waals surface area contributed by atoms with Crippen LogP contribution in [0.2, 0.25) is 0 Å². The summed E-state index contributed by atoms with van der Waals surface area (Å²) in [6.45, 7) is 6.26. The molecule has 0 bridgehead atoms. The molecule has 21 heavy (non-hydrogen) atoms. The van der Waals surface area contributed by atoms with Gasteiger partial charge in [0, 0.05) is 33.6 Å². The highest BCUT2D eigenvalue weighted by Gasteiger charge is 2.21. The van der Waals surface area contributed by atoms with Crippen LogP contribution in [0.3, 0.4) is 0 Å². The second-order valence-corrected chi connectivity index (χ2v) is 6.99. The highest BCUT2D eigenvalue weighted by atomic mass is 127. The number of esters is 1. The van der Waals surface area contributed by atoms with Crippen LogP contribution in [0, 0.1) is 0 Å². The fourth-order valence-corrected chi connectivity index (χ4v) is 2.43. The van der Waals surface area contributed by atoms with Crippen molar-refractivity contribution in [2.24, 2.45) is 0 Å². The number of halogens is 1. The first-order chi connectivity index (χ1) is 9.94. The van der Waals surface area contributed by atoms with Crippen LogP contribution < -0.4 is 0 Å². The van der Waals surface area contributed by atoms with Gasteiger partial charge in [0.25, 0.3) is 0 Å². The van der Waals surface area contributed by atoms with Gasteiger partial charge in [0.15, 0.2) is 5.69 Å². The molecule has 0 aliphatic rings. The van der Waals surface area contributed by atoms with E-state index < -0.39 is 11.6 Å². The molecule has 118 valence electrons. The van der Waals surface area contributed by atoms with E-state index in [9.17, 15) is 4.79 Å². The lowest BCUT2D eigenvalue weighted by atomic mass is 10.1. The lowest BCUT2D eigenvalue weighted by molar-refractivity contribution is 0.00608. The highest BCUT2D eigenvalue weighted by molar-refractivity contribution is 14.2. The van der Waals surface area contributed by atoms with Crippen molar-refractivity contribution in [3.63, 3.8) is 0 Å². The Morgan fingerprint density at radius 1 is 1.24 bits per heavy atom. The van der Waals surface area contributed by atoms with Gasteiger partial charge < -0.3 is 8.92 Å². The van der Waals surface area contributed by atoms with Crippen molar-refractivity contribution in [3.8, 4) is 0 Å². The minimum absolute atomic E-state index is 0.325. The van der Waals surface area contributed by atoms with Crippen molar-refractivity contribution in [3.05, 3.63) is 23.8 Å². The molecule has 0 saturated heterocycles. The van der Waals surface area contributed by atoms with E-state index in [2.05, 4.69) is 31.2 Å². The van der Waals surface area contributed by atoms with E-state index in [1.54, 1.807) is 6.20 Å². The molecule has 0 unspecified atom stereocenters. The Balaban J connectivity index is 2.53. The normalized spacial score (nSPS) is 11.4. The smallest absolute Gasteiger partial charge is 0.359 e. The maximum Gasteiger partial charge on any atom is 0.359 e. The molecule has 0 N–H and O–H groups in total. The number of carbonyl (C=O) groups excluding carboxylic acids is 1. The molecule has 0 fully saturated rings. The van der Waals surface area contributed by atoms with E-state index in [0.29, 0.717) is 11.4 Å². The van der Waals surface area contributed by atoms with Crippen LogP contribution in [0.4, 0.5) is 0 Å². The minimum Gasteiger partial charge on any atom is -0.455 e. The van der Waals surface area contributed by atoms with E-state index in [0.717, 1.165) is 32.3 Å². The Bertz CT molecular complexity index is 452. The monoisotopic (exact) mass is 424 g/mol. The second-order valence-electron chi connectivity index (χ2n) is 5.55. The van der Waals surface area contributed by atoms with Crippen molar-refractivity contribution in [2.45, 2.75) is 52.1 Å². The Labute approximate surface area is 142 Å². The Kier molecular flexibility index (Phi) is 8.50. The zero-order valence-corrected chi connectivity index (χ0v) is 15.6. The van der Waals surface area contributed by atoms with Crippen LogP contribution >= 0.6 is 30.4 Å². The standard InChI is InChI=1S/C14H21IN2O3S/c1-14(2,3)20-13(18)12-11(16-8-9-17-12)7-5-4-6-10-19-21-15/h8-9H,4-7,10H2,1-3H3. The van der Waals surface area contributed by atoms with Gasteiger partial charge in [-0.2, -0.15) is 0 Å². The number of ether oxygens (including phenoxy) is 1. The zero-order chi connectivity index (χ0) is 15.7. The topological polar surface area (TPSA) is 61.3 Å². The quantitative estimate of drug-likeness (QED) is 0.270. The van der Waals surface area contributed by atoms with E-state index in [1.807, 2.05) is 20.8 Å². The third-order valence-electron chi connectivity index (χ3n) is 2.55. The van der Waals surface area contributed by atoms with Crippen molar-refractivity contribution in [1.82, 2.24) is 9.97 Å². The first kappa shape index (κ1) is 18.6. The Morgan fingerprint density at radius 3 is 2.62 bits per heavy atom. The predicted molar refractivity (Wildman–Crippen MR) is 92.3 cm³/mol. The molecular formula is C14H21IN2O3S. The predicted octanol–water partition coefficient (Wildman–Crippen LogP) is 4.16. The first-order valence-corrected chi connectivity index (χ1v) is 10.2. The second kappa shape index (κ2) is 9.58. The van der Waals surface area contributed by atoms with Gasteiger partial charge in [-0.25, -0.2) is 9.78 Å². The number of rotatable bonds is 8. The van der Waals surface area contributed by atoms with Crippen LogP contribution in [0.25, 0.3) is 0 Å². The average Bonchev–Trinajstić information content (AvgIpc) is 2.41. The maximum absolute atomic E-state index is 12.1. The molecule has 0 aromatic carbocycles. The SMILES string of the molecule is CC(C)(C)OC(=O)c1nccnc1CCCCCOSI. The Hall–Kier alpha value is -0.410. The minimum atomic E-state index is -0.527. The molecule has 1 aromatic rings. The van der Waals surface area contributed by atoms with Gasteiger partial charge in [0.2, 0.25) is 0 Å². The fraction of sp³-hybridized carbons (Fsp3) is 0.643. The summed E-state index contributed by atoms with van der Waals surface area (Å²) < 4.78 is 10.6. The van der Waals surface area contributed by atoms with Gasteiger partial charge in [-0.1, -0.05) is 6.42 Å². The first-order valence-electron chi connectivity index (χ1n) is 6.87. The lowest BCUT2D eigenvalue weighted by Crippen LogP contribution is -2.25. The van der Waals surface area contributed by atoms with Crippen molar-refractivity contribution in [2.75, 3.05) is 6.61 Å². The summed E-state index contributed by atoms with van der Waals surface area (Å²) in [7, 11) is 1.35. The summed E-state index contributed by atoms with van der Waals surface area (Å²) in [5.41, 5.74) is 0.503. The van der Waals surface area contributed by atoms with Gasteiger partial charge in [0.1, 0.15) is 5.60 Å². The van der Waals surface area contributed by atoms with Crippen LogP contribution in [-0.2, 0) is 15.3 Å². The number of unbranched alkanes of at least 4 members (excludes halogenated alkanes) is 2. The number of hydrogen-bond acceptors (Lipinski definition) is 6. The number of hydrogen-bond donors (Lipinski definition) is 0. The molecule has 0 atom stereocenters. The number of carbonyl (C=O) groups is 1. The molecule has 0 aliphatic heterocycles. The summed E-state index contributed by atoms with van der Waals surface area (Å²) in [4.78, 5) is 20.5. The van der Waals surface area contributed by atoms with Crippen LogP contribution in [-0.4, -0.2) is 28.1 Å². The molecule has 0 radical (unpaired) electrons. The molecule has 1 aromatic heterocycles. The molecule has 0 aliphatic carbocycles. The van der Waals surface area contributed by atoms with Crippen LogP contribution in [0.1, 0.15) is 56.2 Å². The molecule has 5 nitrogen and oxygen atoms in total. The van der Waals surface area contributed by atoms with Gasteiger partial charge in [-0.15, -0.1) is 0 Å². The third kappa shape index (κ3) is 7.96. The van der Waals surface area contributed by atoms with Gasteiger partial charge >= 0.3 is 5.97 Å². The molecule has 1 rings (SSSR count). The maximum atomic E-state index is 12.1. The van der Waals surface area contributed by atoms with Crippen molar-refractivity contribution < 1.29 is 13.7 Å². The highest BCUT2D eigenvalue weighted by Crippen LogP contribution is 2.15. The zero-order valence-electron chi connectivity index (χ0n) is 12.6. The van der Waals surface area contributed by atoms with Crippen LogP contribution in [0.15, 0.2) is 12.4 Å². The van der Waals surface area contributed by atoms with E-state index in [4.69, 9.17) is 8.92 Å². The summed E-state index contributed by atoms with van der Waals surface area (Å²) in [5.74, 6) is -0.407. The summed E-state index contributed by atoms with van der Waals surface area (Å²) >= 11 is 2.10. The van der Waals surface area contributed by atoms with E-state index in [-0.39, 0.29) is 0 Å². The van der Waals surface area contributed by atoms with Gasteiger partial charge in [-0.3, -0.25) is 4.98 Å². The summed E-state index contributed by atoms with van der Waals surface area (Å²) in [5, 5.41) is 0. The van der Waals surface area contributed by atoms with Gasteiger partial charge in [0.05, 0.1) is 21.5 Å². The van der Waals surface area contributed by atoms with Gasteiger partial charge in [-0.05, 0) is 40.0 Å². The van der Waals surface area contributed by atoms with Crippen molar-refractivity contribution >= 4 is 36.4 Å². The fourth-order valence-electron chi connectivity index (χ4n) is 1.71. The third-order valence-corrected chi connectivity index (χ3v) is 3.57. The molecular weight excluding hydrogens is 403 g/mol. The lowest BCUT2D eigenvalue weighted by Gasteiger charge is -2.19. The summed E-state index contributed by atoms with van der Waals surface area (Å²) in [6.07, 6.45) is 6.83. The molecule has 1 heterocycles. The number of aryl methyl sites for hydroxylation is 1. The Morgan fingerprint density at radius 2 is 1.95 bits per heavy atom. The van der Waals surface area contributed by atoms with Crippen LogP contribution in [0.5, 0.6) is 0 Å². The van der Waals surface area contributed by atoms with E-state index in [1.165, 1.54) is 15.4 Å². The summed E-state index contributed by atoms with van der Waals surface area (Å²) in [6, 6.07) is 0. The molecule has 0 amide bonds. The largest absolute Gasteiger partial charge is 0.455 e. The number of nitrogens with zero attached hydrogens (tertiary/aromatic N) is 2. The number of aromatic nitrogens is 2. The average molecular weight is 424 g/mol. The molecule has 7 heteroatoms. The molecule has 0 saturated carbocycles. The van der Waals surface area contributed by atoms with Crippen molar-refractivity contribution in [1.29, 1.82) is 0 Å². The molecule has 0 spiro atoms.